The number of carboxylic acid groups (broad SMARTS) is 1. The Morgan fingerprint density at radius 2 is 2.08 bits per heavy atom. The molecule has 1 heterocycles. The number of hydrogen-bond acceptors (Lipinski definition) is 4. The van der Waals surface area contributed by atoms with E-state index in [4.69, 9.17) is 4.74 Å². The van der Waals surface area contributed by atoms with E-state index in [1.165, 1.54) is 0 Å². The van der Waals surface area contributed by atoms with Crippen LogP contribution in [0.3, 0.4) is 0 Å². The second-order valence-corrected chi connectivity index (χ2v) is 5.47. The fraction of sp³-hybridized carbons (Fsp3) is 0.533. The highest BCUT2D eigenvalue weighted by molar-refractivity contribution is 5.72. The number of hydrogen-bond donors (Lipinski definition) is 1. The van der Waals surface area contributed by atoms with E-state index in [1.807, 2.05) is 0 Å². The lowest BCUT2D eigenvalue weighted by atomic mass is 10.0. The first-order valence-electron chi connectivity index (χ1n) is 7.29. The van der Waals surface area contributed by atoms with Crippen LogP contribution in [0, 0.1) is 5.92 Å². The standard InChI is InChI=1S/C15H19F3N2O4/c1-4-24-6-5-10-8-20(11(13(21)22)7-9(2)3)14(23)19-12(10)15(16,17)18/h5-6,8-9,11H,4,7H2,1-3H3,(H,21,22). The van der Waals surface area contributed by atoms with Crippen LogP contribution in [-0.2, 0) is 15.7 Å². The molecule has 0 saturated carbocycles. The average Bonchev–Trinajstić information content (AvgIpc) is 2.45. The van der Waals surface area contributed by atoms with Gasteiger partial charge in [0.25, 0.3) is 0 Å². The number of halogens is 3. The van der Waals surface area contributed by atoms with Gasteiger partial charge in [0.1, 0.15) is 6.04 Å². The predicted octanol–water partition coefficient (Wildman–Crippen LogP) is 2.94. The van der Waals surface area contributed by atoms with Crippen molar-refractivity contribution in [1.82, 2.24) is 9.55 Å². The summed E-state index contributed by atoms with van der Waals surface area (Å²) < 4.78 is 44.7. The Labute approximate surface area is 136 Å². The number of ether oxygens (including phenoxy) is 1. The number of carbonyl (C=O) groups is 1. The summed E-state index contributed by atoms with van der Waals surface area (Å²) in [6.07, 6.45) is -1.87. The van der Waals surface area contributed by atoms with Crippen molar-refractivity contribution >= 4 is 12.0 Å². The van der Waals surface area contributed by atoms with E-state index < -0.39 is 35.1 Å². The minimum Gasteiger partial charge on any atom is -0.501 e. The number of aliphatic carboxylic acids is 1. The molecule has 1 unspecified atom stereocenters. The molecule has 0 aromatic carbocycles. The lowest BCUT2D eigenvalue weighted by Crippen LogP contribution is -2.34. The Balaban J connectivity index is 3.49. The van der Waals surface area contributed by atoms with Crippen molar-refractivity contribution in [3.63, 3.8) is 0 Å². The second-order valence-electron chi connectivity index (χ2n) is 5.47. The van der Waals surface area contributed by atoms with E-state index >= 15 is 0 Å². The van der Waals surface area contributed by atoms with E-state index in [-0.39, 0.29) is 18.9 Å². The van der Waals surface area contributed by atoms with Gasteiger partial charge in [-0.15, -0.1) is 0 Å². The molecule has 1 N–H and O–H groups in total. The van der Waals surface area contributed by atoms with E-state index in [0.29, 0.717) is 4.57 Å². The quantitative estimate of drug-likeness (QED) is 0.766. The molecule has 0 aliphatic rings. The van der Waals surface area contributed by atoms with Gasteiger partial charge in [-0.05, 0) is 25.3 Å². The van der Waals surface area contributed by atoms with Crippen LogP contribution in [0.25, 0.3) is 6.08 Å². The molecule has 1 aromatic heterocycles. The molecule has 0 saturated heterocycles. The zero-order valence-corrected chi connectivity index (χ0v) is 13.5. The third-order valence-electron chi connectivity index (χ3n) is 3.07. The predicted molar refractivity (Wildman–Crippen MR) is 80.3 cm³/mol. The summed E-state index contributed by atoms with van der Waals surface area (Å²) in [6, 6.07) is -1.30. The van der Waals surface area contributed by atoms with Crippen molar-refractivity contribution in [2.45, 2.75) is 39.4 Å². The molecule has 1 atom stereocenters. The van der Waals surface area contributed by atoms with Crippen LogP contribution in [0.5, 0.6) is 0 Å². The first-order chi connectivity index (χ1) is 11.1. The highest BCUT2D eigenvalue weighted by Crippen LogP contribution is 2.30. The molecule has 134 valence electrons. The Kier molecular flexibility index (Phi) is 6.56. The lowest BCUT2D eigenvalue weighted by Gasteiger charge is -2.19. The summed E-state index contributed by atoms with van der Waals surface area (Å²) >= 11 is 0. The van der Waals surface area contributed by atoms with Gasteiger partial charge >= 0.3 is 17.8 Å². The summed E-state index contributed by atoms with van der Waals surface area (Å²) in [5, 5.41) is 9.28. The molecule has 1 aromatic rings. The fourth-order valence-corrected chi connectivity index (χ4v) is 2.05. The molecular weight excluding hydrogens is 329 g/mol. The second kappa shape index (κ2) is 7.98. The van der Waals surface area contributed by atoms with Gasteiger partial charge in [-0.2, -0.15) is 18.2 Å². The molecule has 24 heavy (non-hydrogen) atoms. The summed E-state index contributed by atoms with van der Waals surface area (Å²) in [7, 11) is 0. The summed E-state index contributed by atoms with van der Waals surface area (Å²) in [5.74, 6) is -1.39. The lowest BCUT2D eigenvalue weighted by molar-refractivity contribution is -0.142. The third-order valence-corrected chi connectivity index (χ3v) is 3.07. The van der Waals surface area contributed by atoms with Crippen molar-refractivity contribution in [2.75, 3.05) is 6.61 Å². The van der Waals surface area contributed by atoms with Crippen LogP contribution in [0.4, 0.5) is 13.2 Å². The first kappa shape index (κ1) is 19.7. The number of rotatable bonds is 7. The summed E-state index contributed by atoms with van der Waals surface area (Å²) in [4.78, 5) is 26.4. The molecule has 0 amide bonds. The highest BCUT2D eigenvalue weighted by Gasteiger charge is 2.36. The molecule has 0 spiro atoms. The highest BCUT2D eigenvalue weighted by atomic mass is 19.4. The molecule has 1 rings (SSSR count). The van der Waals surface area contributed by atoms with E-state index in [1.54, 1.807) is 20.8 Å². The smallest absolute Gasteiger partial charge is 0.434 e. The van der Waals surface area contributed by atoms with Crippen LogP contribution in [0.15, 0.2) is 17.3 Å². The zero-order valence-electron chi connectivity index (χ0n) is 13.5. The number of carboxylic acids is 1. The van der Waals surface area contributed by atoms with Gasteiger partial charge in [-0.1, -0.05) is 13.8 Å². The SMILES string of the molecule is CCOC=Cc1cn(C(CC(C)C)C(=O)O)c(=O)nc1C(F)(F)F. The van der Waals surface area contributed by atoms with Crippen molar-refractivity contribution in [3.8, 4) is 0 Å². The van der Waals surface area contributed by atoms with Crippen LogP contribution < -0.4 is 5.69 Å². The third kappa shape index (κ3) is 5.10. The average molecular weight is 348 g/mol. The minimum atomic E-state index is -4.85. The topological polar surface area (TPSA) is 81.4 Å². The monoisotopic (exact) mass is 348 g/mol. The fourth-order valence-electron chi connectivity index (χ4n) is 2.05. The minimum absolute atomic E-state index is 0.0803. The van der Waals surface area contributed by atoms with Crippen molar-refractivity contribution < 1.29 is 27.8 Å². The van der Waals surface area contributed by atoms with Crippen molar-refractivity contribution in [1.29, 1.82) is 0 Å². The molecule has 0 radical (unpaired) electrons. The molecule has 6 nitrogen and oxygen atoms in total. The molecule has 0 aliphatic carbocycles. The number of alkyl halides is 3. The van der Waals surface area contributed by atoms with Gasteiger partial charge in [-0.3, -0.25) is 4.57 Å². The van der Waals surface area contributed by atoms with Crippen LogP contribution in [0.2, 0.25) is 0 Å². The molecule has 0 bridgehead atoms. The Hall–Kier alpha value is -2.32. The van der Waals surface area contributed by atoms with Crippen molar-refractivity contribution in [3.05, 3.63) is 34.2 Å². The molecular formula is C15H19F3N2O4. The Morgan fingerprint density at radius 1 is 1.46 bits per heavy atom. The summed E-state index contributed by atoms with van der Waals surface area (Å²) in [5.41, 5.74) is -3.08. The van der Waals surface area contributed by atoms with Crippen molar-refractivity contribution in [2.24, 2.45) is 5.92 Å². The Morgan fingerprint density at radius 3 is 2.54 bits per heavy atom. The van der Waals surface area contributed by atoms with Gasteiger partial charge < -0.3 is 9.84 Å². The molecule has 9 heteroatoms. The van der Waals surface area contributed by atoms with Crippen LogP contribution in [-0.4, -0.2) is 27.2 Å². The number of aromatic nitrogens is 2. The van der Waals surface area contributed by atoms with Crippen LogP contribution >= 0.6 is 0 Å². The number of nitrogens with zero attached hydrogens (tertiary/aromatic N) is 2. The molecule has 0 aliphatic heterocycles. The van der Waals surface area contributed by atoms with Gasteiger partial charge in [0, 0.05) is 11.8 Å². The van der Waals surface area contributed by atoms with Gasteiger partial charge in [0.2, 0.25) is 0 Å². The van der Waals surface area contributed by atoms with E-state index in [2.05, 4.69) is 4.98 Å². The first-order valence-corrected chi connectivity index (χ1v) is 7.29. The van der Waals surface area contributed by atoms with Gasteiger partial charge in [0.15, 0.2) is 5.69 Å². The van der Waals surface area contributed by atoms with Gasteiger partial charge in [-0.25, -0.2) is 9.59 Å². The van der Waals surface area contributed by atoms with E-state index in [9.17, 15) is 27.9 Å². The largest absolute Gasteiger partial charge is 0.501 e. The van der Waals surface area contributed by atoms with E-state index in [0.717, 1.165) is 18.5 Å². The van der Waals surface area contributed by atoms with Gasteiger partial charge in [0.05, 0.1) is 12.9 Å². The maximum absolute atomic E-state index is 13.0. The summed E-state index contributed by atoms with van der Waals surface area (Å²) in [6.45, 7) is 5.38. The maximum atomic E-state index is 13.0. The normalized spacial score (nSPS) is 13.5. The Bertz CT molecular complexity index is 666. The maximum Gasteiger partial charge on any atom is 0.434 e. The van der Waals surface area contributed by atoms with Crippen LogP contribution in [0.1, 0.15) is 44.5 Å². The zero-order chi connectivity index (χ0) is 18.5. The molecule has 0 fully saturated rings.